The van der Waals surface area contributed by atoms with E-state index in [1.807, 2.05) is 28.0 Å². The summed E-state index contributed by atoms with van der Waals surface area (Å²) in [7, 11) is 0. The van der Waals surface area contributed by atoms with Gasteiger partial charge in [-0.15, -0.1) is 0 Å². The highest BCUT2D eigenvalue weighted by Crippen LogP contribution is 2.48. The van der Waals surface area contributed by atoms with Crippen LogP contribution in [0.3, 0.4) is 0 Å². The molecule has 1 amide bonds. The fourth-order valence-electron chi connectivity index (χ4n) is 3.73. The lowest BCUT2D eigenvalue weighted by molar-refractivity contribution is -0.132. The Morgan fingerprint density at radius 3 is 2.67 bits per heavy atom. The molecule has 1 aromatic heterocycles. The van der Waals surface area contributed by atoms with Gasteiger partial charge < -0.3 is 25.0 Å². The Labute approximate surface area is 177 Å². The zero-order chi connectivity index (χ0) is 21.3. The van der Waals surface area contributed by atoms with Crippen molar-refractivity contribution in [3.05, 3.63) is 23.8 Å². The van der Waals surface area contributed by atoms with Crippen LogP contribution in [0.15, 0.2) is 22.7 Å². The summed E-state index contributed by atoms with van der Waals surface area (Å²) in [6.07, 6.45) is 4.33. The van der Waals surface area contributed by atoms with Crippen LogP contribution in [-0.2, 0) is 4.79 Å². The third kappa shape index (κ3) is 4.47. The highest BCUT2D eigenvalue weighted by molar-refractivity contribution is 5.87. The summed E-state index contributed by atoms with van der Waals surface area (Å²) >= 11 is 0. The quantitative estimate of drug-likeness (QED) is 0.679. The van der Waals surface area contributed by atoms with E-state index in [1.165, 1.54) is 19.1 Å². The molecule has 8 heteroatoms. The average Bonchev–Trinajstić information content (AvgIpc) is 3.25. The van der Waals surface area contributed by atoms with Crippen molar-refractivity contribution in [3.63, 3.8) is 0 Å². The number of nitrogens with zero attached hydrogens (tertiary/aromatic N) is 4. The van der Waals surface area contributed by atoms with Crippen LogP contribution in [0.4, 0.5) is 11.7 Å². The molecule has 0 bridgehead atoms. The lowest BCUT2D eigenvalue weighted by Crippen LogP contribution is -2.49. The van der Waals surface area contributed by atoms with Gasteiger partial charge in [0.05, 0.1) is 0 Å². The molecule has 0 unspecified atom stereocenters. The van der Waals surface area contributed by atoms with E-state index in [2.05, 4.69) is 36.2 Å². The first kappa shape index (κ1) is 20.4. The topological polar surface area (TPSA) is 98.3 Å². The summed E-state index contributed by atoms with van der Waals surface area (Å²) in [6.45, 7) is 9.06. The number of benzene rings is 1. The van der Waals surface area contributed by atoms with E-state index >= 15 is 0 Å². The molecule has 0 spiro atoms. The number of carbonyl (C=O) groups excluding carboxylic acids is 1. The van der Waals surface area contributed by atoms with Gasteiger partial charge in [-0.3, -0.25) is 4.79 Å². The molecule has 2 fully saturated rings. The van der Waals surface area contributed by atoms with Crippen molar-refractivity contribution < 1.29 is 9.32 Å². The molecular weight excluding hydrogens is 380 g/mol. The Hall–Kier alpha value is -2.90. The molecular formula is C22H30N6O2. The van der Waals surface area contributed by atoms with Crippen LogP contribution in [0.25, 0.3) is 11.4 Å². The highest BCUT2D eigenvalue weighted by Gasteiger charge is 2.40. The summed E-state index contributed by atoms with van der Waals surface area (Å²) in [5, 5.41) is 15.1. The van der Waals surface area contributed by atoms with Crippen molar-refractivity contribution in [1.82, 2.24) is 15.0 Å². The van der Waals surface area contributed by atoms with E-state index < -0.39 is 0 Å². The molecule has 160 valence electrons. The highest BCUT2D eigenvalue weighted by atomic mass is 16.5. The smallest absolute Gasteiger partial charge is 0.324 e. The predicted octanol–water partition coefficient (Wildman–Crippen LogP) is 3.39. The minimum Gasteiger partial charge on any atom is -0.382 e. The zero-order valence-electron chi connectivity index (χ0n) is 17.9. The number of hydrogen-bond donors (Lipinski definition) is 2. The first-order valence-electron chi connectivity index (χ1n) is 10.6. The fraction of sp³-hybridized carbons (Fsp3) is 0.545. The van der Waals surface area contributed by atoms with Crippen LogP contribution in [-0.4, -0.2) is 59.4 Å². The maximum absolute atomic E-state index is 12.5. The van der Waals surface area contributed by atoms with Gasteiger partial charge in [-0.1, -0.05) is 24.2 Å². The molecule has 1 aromatic carbocycles. The number of amides is 1. The predicted molar refractivity (Wildman–Crippen MR) is 117 cm³/mol. The van der Waals surface area contributed by atoms with E-state index in [-0.39, 0.29) is 17.4 Å². The SMILES string of the molecule is CC(C)Nc1cc(-c2noc(N3CCN(C(=O)CC4(C)CC4)CC3)n2)ccc1C=N. The second kappa shape index (κ2) is 8.08. The molecule has 1 saturated carbocycles. The van der Waals surface area contributed by atoms with Crippen LogP contribution in [0, 0.1) is 10.8 Å². The second-order valence-corrected chi connectivity index (χ2v) is 9.00. The first-order valence-corrected chi connectivity index (χ1v) is 10.6. The van der Waals surface area contributed by atoms with Crippen LogP contribution >= 0.6 is 0 Å². The number of aromatic nitrogens is 2. The van der Waals surface area contributed by atoms with Crippen molar-refractivity contribution in [3.8, 4) is 11.4 Å². The van der Waals surface area contributed by atoms with E-state index in [9.17, 15) is 4.79 Å². The minimum atomic E-state index is 0.242. The molecule has 2 aromatic rings. The number of nitrogens with one attached hydrogen (secondary N) is 2. The number of rotatable bonds is 7. The summed E-state index contributed by atoms with van der Waals surface area (Å²) in [4.78, 5) is 21.1. The van der Waals surface area contributed by atoms with Crippen molar-refractivity contribution in [1.29, 1.82) is 5.41 Å². The summed E-state index contributed by atoms with van der Waals surface area (Å²) in [5.41, 5.74) is 2.77. The van der Waals surface area contributed by atoms with E-state index in [0.717, 1.165) is 16.8 Å². The Morgan fingerprint density at radius 2 is 2.03 bits per heavy atom. The second-order valence-electron chi connectivity index (χ2n) is 9.00. The third-order valence-electron chi connectivity index (χ3n) is 5.91. The molecule has 2 heterocycles. The normalized spacial score (nSPS) is 17.9. The largest absolute Gasteiger partial charge is 0.382 e. The Balaban J connectivity index is 1.41. The molecule has 8 nitrogen and oxygen atoms in total. The van der Waals surface area contributed by atoms with Gasteiger partial charge in [0, 0.05) is 61.7 Å². The molecule has 2 N–H and O–H groups in total. The van der Waals surface area contributed by atoms with Crippen LogP contribution in [0.2, 0.25) is 0 Å². The van der Waals surface area contributed by atoms with E-state index in [1.54, 1.807) is 0 Å². The lowest BCUT2D eigenvalue weighted by Gasteiger charge is -2.34. The third-order valence-corrected chi connectivity index (χ3v) is 5.91. The van der Waals surface area contributed by atoms with Crippen LogP contribution in [0.5, 0.6) is 0 Å². The van der Waals surface area contributed by atoms with Gasteiger partial charge in [-0.25, -0.2) is 0 Å². The van der Waals surface area contributed by atoms with Gasteiger partial charge >= 0.3 is 6.01 Å². The van der Waals surface area contributed by atoms with Crippen molar-refractivity contribution in [2.24, 2.45) is 5.41 Å². The Bertz CT molecular complexity index is 925. The van der Waals surface area contributed by atoms with Gasteiger partial charge in [-0.2, -0.15) is 4.98 Å². The van der Waals surface area contributed by atoms with Crippen LogP contribution in [0.1, 0.15) is 45.6 Å². The molecule has 1 aliphatic heterocycles. The number of hydrogen-bond acceptors (Lipinski definition) is 7. The number of piperazine rings is 1. The fourth-order valence-corrected chi connectivity index (χ4v) is 3.73. The van der Waals surface area contributed by atoms with Gasteiger partial charge in [0.15, 0.2) is 0 Å². The lowest BCUT2D eigenvalue weighted by atomic mass is 10.0. The Kier molecular flexibility index (Phi) is 5.49. The van der Waals surface area contributed by atoms with E-state index in [0.29, 0.717) is 44.4 Å². The van der Waals surface area contributed by atoms with Crippen LogP contribution < -0.4 is 10.2 Å². The summed E-state index contributed by atoms with van der Waals surface area (Å²) in [6, 6.07) is 6.47. The Morgan fingerprint density at radius 1 is 1.30 bits per heavy atom. The molecule has 1 saturated heterocycles. The summed E-state index contributed by atoms with van der Waals surface area (Å²) in [5.74, 6) is 0.783. The number of carbonyl (C=O) groups is 1. The summed E-state index contributed by atoms with van der Waals surface area (Å²) < 4.78 is 5.52. The molecule has 4 rings (SSSR count). The van der Waals surface area contributed by atoms with Gasteiger partial charge in [0.1, 0.15) is 0 Å². The zero-order valence-corrected chi connectivity index (χ0v) is 17.9. The van der Waals surface area contributed by atoms with Crippen molar-refractivity contribution in [2.75, 3.05) is 36.4 Å². The maximum atomic E-state index is 12.5. The molecule has 1 aliphatic carbocycles. The molecule has 2 aliphatic rings. The monoisotopic (exact) mass is 410 g/mol. The standard InChI is InChI=1S/C22H30N6O2/c1-15(2)24-18-12-16(4-5-17(18)14-23)20-25-21(30-26-20)28-10-8-27(9-11-28)19(29)13-22(3)6-7-22/h4-5,12,14-15,23-24H,6-11,13H2,1-3H3. The average molecular weight is 411 g/mol. The maximum Gasteiger partial charge on any atom is 0.324 e. The van der Waals surface area contributed by atoms with Gasteiger partial charge in [-0.05, 0) is 38.2 Å². The minimum absolute atomic E-state index is 0.242. The molecule has 30 heavy (non-hydrogen) atoms. The molecule has 0 atom stereocenters. The molecule has 0 radical (unpaired) electrons. The number of anilines is 2. The van der Waals surface area contributed by atoms with Crippen molar-refractivity contribution >= 4 is 23.8 Å². The first-order chi connectivity index (χ1) is 14.4. The van der Waals surface area contributed by atoms with Gasteiger partial charge in [0.25, 0.3) is 0 Å². The van der Waals surface area contributed by atoms with Crippen molar-refractivity contribution in [2.45, 2.75) is 46.1 Å². The van der Waals surface area contributed by atoms with E-state index in [4.69, 9.17) is 9.93 Å². The van der Waals surface area contributed by atoms with Gasteiger partial charge in [0.2, 0.25) is 11.7 Å².